The number of carboxylic acid groups (broad SMARTS) is 2. The molecule has 0 saturated carbocycles. The van der Waals surface area contributed by atoms with Crippen molar-refractivity contribution in [2.75, 3.05) is 0 Å². The van der Waals surface area contributed by atoms with E-state index in [1.54, 1.807) is 0 Å². The van der Waals surface area contributed by atoms with Gasteiger partial charge in [0.25, 0.3) is 0 Å². The maximum Gasteiger partial charge on any atom is 2.00 e. The second kappa shape index (κ2) is 41.8. The van der Waals surface area contributed by atoms with Crippen molar-refractivity contribution in [3.8, 4) is 0 Å². The molecule has 0 saturated heterocycles. The number of hydrogen-bond donors (Lipinski definition) is 0. The second-order valence-electron chi connectivity index (χ2n) is 12.1. The topological polar surface area (TPSA) is 80.3 Å². The minimum atomic E-state index is -0.903. The Hall–Kier alpha value is -0.294. The van der Waals surface area contributed by atoms with Gasteiger partial charge < -0.3 is 19.8 Å². The van der Waals surface area contributed by atoms with E-state index in [0.717, 1.165) is 25.7 Å². The molecule has 0 aliphatic rings. The van der Waals surface area contributed by atoms with Crippen molar-refractivity contribution in [2.45, 2.75) is 219 Å². The fourth-order valence-electron chi connectivity index (χ4n) is 5.28. The van der Waals surface area contributed by atoms with Crippen LogP contribution in [0.4, 0.5) is 0 Å². The fraction of sp³-hybridized carbons (Fsp3) is 0.944. The first-order chi connectivity index (χ1) is 19.5. The fourth-order valence-corrected chi connectivity index (χ4v) is 5.28. The first-order valence-electron chi connectivity index (χ1n) is 17.9. The molecule has 4 nitrogen and oxygen atoms in total. The van der Waals surface area contributed by atoms with Crippen molar-refractivity contribution < 1.29 is 19.8 Å². The van der Waals surface area contributed by atoms with Crippen LogP contribution >= 0.6 is 0 Å². The van der Waals surface area contributed by atoms with Crippen LogP contribution in [-0.2, 0) is 9.59 Å². The van der Waals surface area contributed by atoms with Gasteiger partial charge in [0.1, 0.15) is 0 Å². The number of carboxylic acids is 2. The summed E-state index contributed by atoms with van der Waals surface area (Å²) in [6, 6.07) is 0. The van der Waals surface area contributed by atoms with Crippen molar-refractivity contribution in [1.29, 1.82) is 0 Å². The van der Waals surface area contributed by atoms with E-state index in [9.17, 15) is 19.8 Å². The van der Waals surface area contributed by atoms with Gasteiger partial charge in [-0.25, -0.2) is 0 Å². The van der Waals surface area contributed by atoms with Crippen molar-refractivity contribution >= 4 is 35.0 Å². The Kier molecular flexibility index (Phi) is 46.1. The molecule has 41 heavy (non-hydrogen) atoms. The van der Waals surface area contributed by atoms with E-state index in [1.165, 1.54) is 167 Å². The summed E-state index contributed by atoms with van der Waals surface area (Å²) in [7, 11) is 0. The molecule has 0 aromatic rings. The Bertz CT molecular complexity index is 454. The summed E-state index contributed by atoms with van der Waals surface area (Å²) in [6.07, 6.45) is 39.7. The zero-order valence-corrected chi connectivity index (χ0v) is 29.4. The molecular weight excluding hydrogens is 521 g/mol. The Morgan fingerprint density at radius 1 is 0.317 bits per heavy atom. The van der Waals surface area contributed by atoms with E-state index >= 15 is 0 Å². The maximum atomic E-state index is 10.2. The predicted molar refractivity (Wildman–Crippen MR) is 175 cm³/mol. The van der Waals surface area contributed by atoms with E-state index in [1.807, 2.05) is 0 Å². The van der Waals surface area contributed by atoms with Gasteiger partial charge in [-0.3, -0.25) is 0 Å². The second-order valence-corrected chi connectivity index (χ2v) is 12.1. The maximum absolute atomic E-state index is 10.2. The number of rotatable bonds is 32. The molecule has 0 aromatic carbocycles. The summed E-state index contributed by atoms with van der Waals surface area (Å²) in [5.74, 6) is -1.81. The average molecular weight is 591 g/mol. The first-order valence-corrected chi connectivity index (χ1v) is 17.9. The molecule has 0 spiro atoms. The molecule has 0 amide bonds. The SMILES string of the molecule is CCCCCCCCCCCCCCCCCC(=O)[O-].CCCCCCCCCCCCCCCCCC(=O)[O-].[Mg+2]. The smallest absolute Gasteiger partial charge is 0.550 e. The Morgan fingerprint density at radius 3 is 0.610 bits per heavy atom. The number of carbonyl (C=O) groups is 2. The van der Waals surface area contributed by atoms with Gasteiger partial charge in [-0.15, -0.1) is 0 Å². The summed E-state index contributed by atoms with van der Waals surface area (Å²) >= 11 is 0. The third-order valence-corrected chi connectivity index (χ3v) is 7.97. The Labute approximate surface area is 273 Å². The number of hydrogen-bond acceptors (Lipinski definition) is 4. The minimum Gasteiger partial charge on any atom is -0.550 e. The van der Waals surface area contributed by atoms with E-state index < -0.39 is 11.9 Å². The molecule has 0 bridgehead atoms. The van der Waals surface area contributed by atoms with Crippen molar-refractivity contribution in [1.82, 2.24) is 0 Å². The van der Waals surface area contributed by atoms with Gasteiger partial charge in [-0.05, 0) is 25.7 Å². The van der Waals surface area contributed by atoms with E-state index in [4.69, 9.17) is 0 Å². The van der Waals surface area contributed by atoms with Crippen molar-refractivity contribution in [3.05, 3.63) is 0 Å². The summed E-state index contributed by atoms with van der Waals surface area (Å²) in [4.78, 5) is 20.4. The molecule has 0 radical (unpaired) electrons. The standard InChI is InChI=1S/2C18H36O2.Mg/c2*1-2-3-4-5-6-7-8-9-10-11-12-13-14-15-16-17-18(19)20;/h2*2-17H2,1H3,(H,19,20);/q;;+2/p-2. The van der Waals surface area contributed by atoms with Gasteiger partial charge >= 0.3 is 23.1 Å². The molecule has 0 atom stereocenters. The first kappa shape index (κ1) is 45.1. The van der Waals surface area contributed by atoms with E-state index in [-0.39, 0.29) is 35.9 Å². The monoisotopic (exact) mass is 591 g/mol. The van der Waals surface area contributed by atoms with Crippen LogP contribution in [0.2, 0.25) is 0 Å². The van der Waals surface area contributed by atoms with Crippen LogP contribution in [0.15, 0.2) is 0 Å². The molecule has 0 aliphatic heterocycles. The van der Waals surface area contributed by atoms with Crippen LogP contribution < -0.4 is 10.2 Å². The predicted octanol–water partition coefficient (Wildman–Crippen LogP) is 9.61. The van der Waals surface area contributed by atoms with Crippen LogP contribution in [0.25, 0.3) is 0 Å². The summed E-state index contributed by atoms with van der Waals surface area (Å²) in [5, 5.41) is 20.4. The molecular formula is C36H70MgO4. The van der Waals surface area contributed by atoms with Crippen LogP contribution in [0.1, 0.15) is 219 Å². The summed E-state index contributed by atoms with van der Waals surface area (Å²) < 4.78 is 0. The van der Waals surface area contributed by atoms with Gasteiger partial charge in [0.2, 0.25) is 0 Å². The molecule has 0 fully saturated rings. The quantitative estimate of drug-likeness (QED) is 0.0577. The zero-order chi connectivity index (χ0) is 29.8. The normalized spacial score (nSPS) is 10.6. The number of aliphatic carboxylic acids is 2. The van der Waals surface area contributed by atoms with Crippen molar-refractivity contribution in [2.24, 2.45) is 0 Å². The van der Waals surface area contributed by atoms with E-state index in [0.29, 0.717) is 0 Å². The molecule has 0 heterocycles. The Morgan fingerprint density at radius 2 is 0.463 bits per heavy atom. The molecule has 0 aliphatic carbocycles. The molecule has 5 heteroatoms. The van der Waals surface area contributed by atoms with Gasteiger partial charge in [0.05, 0.1) is 0 Å². The van der Waals surface area contributed by atoms with Crippen LogP contribution in [-0.4, -0.2) is 35.0 Å². The van der Waals surface area contributed by atoms with Gasteiger partial charge in [-0.2, -0.15) is 0 Å². The third kappa shape index (κ3) is 49.7. The summed E-state index contributed by atoms with van der Waals surface area (Å²) in [6.45, 7) is 4.53. The molecule has 0 unspecified atom stereocenters. The van der Waals surface area contributed by atoms with Gasteiger partial charge in [0.15, 0.2) is 0 Å². The van der Waals surface area contributed by atoms with Gasteiger partial charge in [-0.1, -0.05) is 194 Å². The Balaban J connectivity index is -0.000000688. The molecule has 0 aromatic heterocycles. The average Bonchev–Trinajstić information content (AvgIpc) is 2.93. The minimum absolute atomic E-state index is 0. The van der Waals surface area contributed by atoms with Crippen LogP contribution in [0.3, 0.4) is 0 Å². The third-order valence-electron chi connectivity index (χ3n) is 7.97. The van der Waals surface area contributed by atoms with Gasteiger partial charge in [0, 0.05) is 11.9 Å². The number of carbonyl (C=O) groups excluding carboxylic acids is 2. The van der Waals surface area contributed by atoms with E-state index in [2.05, 4.69) is 13.8 Å². The van der Waals surface area contributed by atoms with Crippen LogP contribution in [0.5, 0.6) is 0 Å². The molecule has 240 valence electrons. The molecule has 0 rings (SSSR count). The molecule has 0 N–H and O–H groups in total. The van der Waals surface area contributed by atoms with Crippen molar-refractivity contribution in [3.63, 3.8) is 0 Å². The van der Waals surface area contributed by atoms with Crippen LogP contribution in [0, 0.1) is 0 Å². The number of unbranched alkanes of at least 4 members (excludes halogenated alkanes) is 28. The summed E-state index contributed by atoms with van der Waals surface area (Å²) in [5.41, 5.74) is 0. The zero-order valence-electron chi connectivity index (χ0n) is 28.0. The largest absolute Gasteiger partial charge is 2.00 e.